The molecule has 0 fully saturated rings. The summed E-state index contributed by atoms with van der Waals surface area (Å²) in [6.45, 7) is 4.11. The van der Waals surface area contributed by atoms with E-state index in [2.05, 4.69) is 33.4 Å². The Morgan fingerprint density at radius 3 is 2.62 bits per heavy atom. The van der Waals surface area contributed by atoms with Crippen LogP contribution in [-0.4, -0.2) is 40.5 Å². The highest BCUT2D eigenvalue weighted by Crippen LogP contribution is 2.09. The number of nitrogens with zero attached hydrogens (tertiary/aromatic N) is 4. The van der Waals surface area contributed by atoms with Gasteiger partial charge in [-0.15, -0.1) is 0 Å². The molecule has 1 aromatic heterocycles. The summed E-state index contributed by atoms with van der Waals surface area (Å²) in [7, 11) is 2.08. The summed E-state index contributed by atoms with van der Waals surface area (Å²) in [6, 6.07) is 1.83. The highest BCUT2D eigenvalue weighted by molar-refractivity contribution is 5.91. The van der Waals surface area contributed by atoms with E-state index in [1.165, 1.54) is 5.84 Å². The van der Waals surface area contributed by atoms with E-state index in [9.17, 15) is 0 Å². The van der Waals surface area contributed by atoms with Crippen molar-refractivity contribution >= 4 is 11.8 Å². The molecule has 2 heterocycles. The van der Waals surface area contributed by atoms with Gasteiger partial charge >= 0.3 is 5.95 Å². The molecule has 1 aromatic rings. The Balaban J connectivity index is 2.30. The maximum atomic E-state index is 4.21. The number of likely N-dealkylation sites (N-methyl/N-ethyl adjacent to an activating group) is 1. The SMILES string of the molecule is CC1=[N+](C)CCN1c1ncccn1. The monoisotopic (exact) mass is 177 g/mol. The highest BCUT2D eigenvalue weighted by atomic mass is 15.3. The average molecular weight is 177 g/mol. The third-order valence-corrected chi connectivity index (χ3v) is 2.40. The molecular weight excluding hydrogens is 164 g/mol. The number of anilines is 1. The molecule has 13 heavy (non-hydrogen) atoms. The average Bonchev–Trinajstić information content (AvgIpc) is 2.49. The summed E-state index contributed by atoms with van der Waals surface area (Å²) < 4.78 is 2.20. The molecule has 0 radical (unpaired) electrons. The minimum atomic E-state index is 0.796. The predicted molar refractivity (Wildman–Crippen MR) is 51.1 cm³/mol. The topological polar surface area (TPSA) is 32.0 Å². The van der Waals surface area contributed by atoms with Crippen molar-refractivity contribution in [3.05, 3.63) is 18.5 Å². The van der Waals surface area contributed by atoms with E-state index in [0.717, 1.165) is 19.0 Å². The Bertz CT molecular complexity index is 331. The van der Waals surface area contributed by atoms with E-state index >= 15 is 0 Å². The minimum absolute atomic E-state index is 0.796. The third-order valence-electron chi connectivity index (χ3n) is 2.40. The Kier molecular flexibility index (Phi) is 1.96. The predicted octanol–water partition coefficient (Wildman–Crippen LogP) is 0.357. The Labute approximate surface area is 77.6 Å². The first-order valence-electron chi connectivity index (χ1n) is 4.38. The van der Waals surface area contributed by atoms with Crippen LogP contribution in [0.3, 0.4) is 0 Å². The van der Waals surface area contributed by atoms with Crippen molar-refractivity contribution in [1.82, 2.24) is 9.97 Å². The van der Waals surface area contributed by atoms with Crippen LogP contribution in [0.5, 0.6) is 0 Å². The number of rotatable bonds is 1. The summed E-state index contributed by atoms with van der Waals surface area (Å²) in [5, 5.41) is 0. The molecular formula is C9H13N4+. The molecule has 0 bridgehead atoms. The van der Waals surface area contributed by atoms with Gasteiger partial charge in [0, 0.05) is 19.3 Å². The van der Waals surface area contributed by atoms with Gasteiger partial charge in [0.25, 0.3) is 5.84 Å². The third kappa shape index (κ3) is 1.39. The van der Waals surface area contributed by atoms with Gasteiger partial charge in [-0.05, 0) is 6.07 Å². The van der Waals surface area contributed by atoms with Crippen molar-refractivity contribution in [2.75, 3.05) is 25.0 Å². The van der Waals surface area contributed by atoms with E-state index in [4.69, 9.17) is 0 Å². The van der Waals surface area contributed by atoms with Gasteiger partial charge in [0.1, 0.15) is 13.1 Å². The normalized spacial score (nSPS) is 16.9. The Morgan fingerprint density at radius 2 is 2.08 bits per heavy atom. The maximum absolute atomic E-state index is 4.21. The lowest BCUT2D eigenvalue weighted by Gasteiger charge is -2.05. The zero-order chi connectivity index (χ0) is 9.26. The lowest BCUT2D eigenvalue weighted by molar-refractivity contribution is -0.486. The molecule has 68 valence electrons. The van der Waals surface area contributed by atoms with Crippen molar-refractivity contribution in [3.8, 4) is 0 Å². The van der Waals surface area contributed by atoms with Gasteiger partial charge in [-0.1, -0.05) is 0 Å². The van der Waals surface area contributed by atoms with E-state index < -0.39 is 0 Å². The standard InChI is InChI=1S/C9H13N4/c1-8-12(2)6-7-13(8)9-10-4-3-5-11-9/h3-5H,6-7H2,1-2H3/q+1. The first kappa shape index (κ1) is 8.16. The fourth-order valence-electron chi connectivity index (χ4n) is 1.46. The zero-order valence-electron chi connectivity index (χ0n) is 7.94. The second-order valence-corrected chi connectivity index (χ2v) is 3.17. The summed E-state index contributed by atoms with van der Waals surface area (Å²) in [5.74, 6) is 2.01. The van der Waals surface area contributed by atoms with Gasteiger partial charge < -0.3 is 0 Å². The molecule has 0 saturated carbocycles. The molecule has 0 aliphatic carbocycles. The molecule has 2 rings (SSSR count). The number of amidine groups is 1. The molecule has 1 aliphatic rings. The molecule has 0 unspecified atom stereocenters. The second kappa shape index (κ2) is 3.12. The number of aromatic nitrogens is 2. The van der Waals surface area contributed by atoms with Gasteiger partial charge in [-0.25, -0.2) is 0 Å². The van der Waals surface area contributed by atoms with E-state index in [1.54, 1.807) is 12.4 Å². The van der Waals surface area contributed by atoms with Crippen LogP contribution in [0.1, 0.15) is 6.92 Å². The van der Waals surface area contributed by atoms with Crippen molar-refractivity contribution < 1.29 is 4.58 Å². The summed E-state index contributed by atoms with van der Waals surface area (Å²) >= 11 is 0. The molecule has 0 spiro atoms. The van der Waals surface area contributed by atoms with Crippen LogP contribution < -0.4 is 4.90 Å². The van der Waals surface area contributed by atoms with E-state index in [-0.39, 0.29) is 0 Å². The molecule has 4 heteroatoms. The number of hydrogen-bond acceptors (Lipinski definition) is 3. The smallest absolute Gasteiger partial charge is 0.264 e. The van der Waals surface area contributed by atoms with Crippen LogP contribution in [0.25, 0.3) is 0 Å². The zero-order valence-corrected chi connectivity index (χ0v) is 7.94. The number of hydrogen-bond donors (Lipinski definition) is 0. The molecule has 1 aliphatic heterocycles. The van der Waals surface area contributed by atoms with Crippen LogP contribution in [0.15, 0.2) is 18.5 Å². The van der Waals surface area contributed by atoms with Crippen LogP contribution in [0.4, 0.5) is 5.95 Å². The van der Waals surface area contributed by atoms with Gasteiger partial charge in [0.05, 0.1) is 7.05 Å². The fourth-order valence-corrected chi connectivity index (χ4v) is 1.46. The van der Waals surface area contributed by atoms with Gasteiger partial charge in [0.15, 0.2) is 0 Å². The van der Waals surface area contributed by atoms with Crippen molar-refractivity contribution in [2.24, 2.45) is 0 Å². The van der Waals surface area contributed by atoms with Gasteiger partial charge in [-0.3, -0.25) is 4.58 Å². The summed E-state index contributed by atoms with van der Waals surface area (Å²) in [5.41, 5.74) is 0. The largest absolute Gasteiger partial charge is 0.320 e. The fraction of sp³-hybridized carbons (Fsp3) is 0.444. The second-order valence-electron chi connectivity index (χ2n) is 3.17. The molecule has 0 aromatic carbocycles. The van der Waals surface area contributed by atoms with E-state index in [1.807, 2.05) is 6.07 Å². The molecule has 0 N–H and O–H groups in total. The Morgan fingerprint density at radius 1 is 1.38 bits per heavy atom. The van der Waals surface area contributed by atoms with Crippen LogP contribution in [0.2, 0.25) is 0 Å². The van der Waals surface area contributed by atoms with Crippen LogP contribution in [0, 0.1) is 0 Å². The summed E-state index contributed by atoms with van der Waals surface area (Å²) in [4.78, 5) is 10.6. The lowest BCUT2D eigenvalue weighted by Crippen LogP contribution is -2.27. The van der Waals surface area contributed by atoms with Crippen molar-refractivity contribution in [1.29, 1.82) is 0 Å². The van der Waals surface area contributed by atoms with Gasteiger partial charge in [0.2, 0.25) is 0 Å². The Hall–Kier alpha value is -1.45. The quantitative estimate of drug-likeness (QED) is 0.580. The molecule has 4 nitrogen and oxygen atoms in total. The molecule has 0 amide bonds. The molecule has 0 saturated heterocycles. The summed E-state index contributed by atoms with van der Waals surface area (Å²) in [6.07, 6.45) is 3.54. The van der Waals surface area contributed by atoms with Crippen LogP contribution in [-0.2, 0) is 0 Å². The molecule has 0 atom stereocenters. The highest BCUT2D eigenvalue weighted by Gasteiger charge is 2.27. The lowest BCUT2D eigenvalue weighted by atomic mass is 10.5. The van der Waals surface area contributed by atoms with Crippen molar-refractivity contribution in [2.45, 2.75) is 6.92 Å². The maximum Gasteiger partial charge on any atom is 0.320 e. The first-order valence-corrected chi connectivity index (χ1v) is 4.38. The van der Waals surface area contributed by atoms with E-state index in [0.29, 0.717) is 0 Å². The van der Waals surface area contributed by atoms with Gasteiger partial charge in [-0.2, -0.15) is 14.9 Å². The minimum Gasteiger partial charge on any atom is -0.264 e. The van der Waals surface area contributed by atoms with Crippen LogP contribution >= 0.6 is 0 Å². The van der Waals surface area contributed by atoms with Crippen molar-refractivity contribution in [3.63, 3.8) is 0 Å². The first-order chi connectivity index (χ1) is 6.29.